The lowest BCUT2D eigenvalue weighted by Crippen LogP contribution is -2.01. The lowest BCUT2D eigenvalue weighted by molar-refractivity contribution is 1.38. The van der Waals surface area contributed by atoms with Crippen LogP contribution in [0.1, 0.15) is 13.8 Å². The Labute approximate surface area is 136 Å². The third-order valence-corrected chi connectivity index (χ3v) is 6.36. The van der Waals surface area contributed by atoms with E-state index in [4.69, 9.17) is 0 Å². The van der Waals surface area contributed by atoms with E-state index in [9.17, 15) is 4.79 Å². The average molecular weight is 333 g/mol. The predicted octanol–water partition coefficient (Wildman–Crippen LogP) is 5.64. The number of hydrogen-bond donors (Lipinski definition) is 0. The minimum atomic E-state index is 0.163. The van der Waals surface area contributed by atoms with Crippen molar-refractivity contribution in [2.24, 2.45) is 0 Å². The van der Waals surface area contributed by atoms with Crippen molar-refractivity contribution in [3.8, 4) is 0 Å². The van der Waals surface area contributed by atoms with Gasteiger partial charge in [-0.3, -0.25) is 4.79 Å². The van der Waals surface area contributed by atoms with Crippen molar-refractivity contribution in [2.45, 2.75) is 23.6 Å². The molecule has 0 aliphatic heterocycles. The Morgan fingerprint density at radius 3 is 2.52 bits per heavy atom. The number of fused-ring (bicyclic) bond motifs is 2. The van der Waals surface area contributed by atoms with Crippen LogP contribution in [0.2, 0.25) is 0 Å². The summed E-state index contributed by atoms with van der Waals surface area (Å²) in [7, 11) is 0. The Hall–Kier alpha value is -0.970. The fraction of sp³-hybridized carbons (Fsp3) is 0.235. The molecule has 0 amide bonds. The molecule has 0 aliphatic rings. The van der Waals surface area contributed by atoms with Gasteiger partial charge in [-0.05, 0) is 35.8 Å². The highest BCUT2D eigenvalue weighted by atomic mass is 32.2. The van der Waals surface area contributed by atoms with Gasteiger partial charge in [0, 0.05) is 25.3 Å². The van der Waals surface area contributed by atoms with Crippen LogP contribution in [-0.4, -0.2) is 11.5 Å². The Balaban J connectivity index is 2.40. The van der Waals surface area contributed by atoms with Crippen LogP contribution >= 0.6 is 34.9 Å². The fourth-order valence-corrected chi connectivity index (χ4v) is 5.29. The van der Waals surface area contributed by atoms with E-state index in [1.807, 2.05) is 36.0 Å². The SMILES string of the molecule is CCSc1cc(SCC)c2sc3ccccc3c(=O)c2c1. The first-order valence-corrected chi connectivity index (χ1v) is 9.78. The van der Waals surface area contributed by atoms with E-state index in [0.29, 0.717) is 0 Å². The standard InChI is InChI=1S/C17H16OS3/c1-3-19-11-9-13-16(18)12-7-5-6-8-14(12)21-17(13)15(10-11)20-4-2/h5-10H,3-4H2,1-2H3. The first-order valence-electron chi connectivity index (χ1n) is 6.99. The summed E-state index contributed by atoms with van der Waals surface area (Å²) in [5, 5.41) is 1.70. The Bertz CT molecular complexity index is 852. The van der Waals surface area contributed by atoms with E-state index in [1.54, 1.807) is 23.1 Å². The normalized spacial score (nSPS) is 11.3. The van der Waals surface area contributed by atoms with E-state index >= 15 is 0 Å². The first kappa shape index (κ1) is 14.9. The molecule has 0 bridgehead atoms. The smallest absolute Gasteiger partial charge is 0.195 e. The molecule has 0 saturated heterocycles. The summed E-state index contributed by atoms with van der Waals surface area (Å²) in [6.07, 6.45) is 0. The van der Waals surface area contributed by atoms with Crippen LogP contribution in [0.5, 0.6) is 0 Å². The molecule has 3 rings (SSSR count). The molecule has 3 aromatic rings. The lowest BCUT2D eigenvalue weighted by atomic mass is 10.2. The zero-order valence-corrected chi connectivity index (χ0v) is 14.5. The van der Waals surface area contributed by atoms with Gasteiger partial charge in [0.15, 0.2) is 5.43 Å². The van der Waals surface area contributed by atoms with Gasteiger partial charge in [-0.1, -0.05) is 26.0 Å². The van der Waals surface area contributed by atoms with Crippen molar-refractivity contribution >= 4 is 55.0 Å². The fourth-order valence-electron chi connectivity index (χ4n) is 2.36. The maximum Gasteiger partial charge on any atom is 0.195 e. The van der Waals surface area contributed by atoms with Crippen LogP contribution in [-0.2, 0) is 0 Å². The van der Waals surface area contributed by atoms with Crippen molar-refractivity contribution in [1.82, 2.24) is 0 Å². The van der Waals surface area contributed by atoms with Crippen LogP contribution < -0.4 is 5.43 Å². The van der Waals surface area contributed by atoms with E-state index in [-0.39, 0.29) is 5.43 Å². The first-order chi connectivity index (χ1) is 10.2. The number of thioether (sulfide) groups is 2. The van der Waals surface area contributed by atoms with Crippen molar-refractivity contribution < 1.29 is 0 Å². The Morgan fingerprint density at radius 2 is 1.76 bits per heavy atom. The highest BCUT2D eigenvalue weighted by Crippen LogP contribution is 2.36. The predicted molar refractivity (Wildman–Crippen MR) is 98.4 cm³/mol. The quantitative estimate of drug-likeness (QED) is 0.455. The minimum Gasteiger partial charge on any atom is -0.289 e. The highest BCUT2D eigenvalue weighted by molar-refractivity contribution is 8.00. The van der Waals surface area contributed by atoms with Crippen molar-refractivity contribution in [1.29, 1.82) is 0 Å². The molecule has 108 valence electrons. The van der Waals surface area contributed by atoms with Crippen molar-refractivity contribution in [3.63, 3.8) is 0 Å². The number of hydrogen-bond acceptors (Lipinski definition) is 4. The summed E-state index contributed by atoms with van der Waals surface area (Å²) in [6.45, 7) is 4.29. The van der Waals surface area contributed by atoms with Crippen LogP contribution in [0.25, 0.3) is 20.2 Å². The summed E-state index contributed by atoms with van der Waals surface area (Å²) in [4.78, 5) is 15.2. The zero-order valence-electron chi connectivity index (χ0n) is 12.0. The van der Waals surface area contributed by atoms with Crippen LogP contribution in [0.4, 0.5) is 0 Å². The van der Waals surface area contributed by atoms with Gasteiger partial charge in [0.05, 0.1) is 4.70 Å². The van der Waals surface area contributed by atoms with Crippen LogP contribution in [0.15, 0.2) is 51.0 Å². The van der Waals surface area contributed by atoms with E-state index in [1.165, 1.54) is 9.79 Å². The molecule has 21 heavy (non-hydrogen) atoms. The van der Waals surface area contributed by atoms with Gasteiger partial charge < -0.3 is 0 Å². The summed E-state index contributed by atoms with van der Waals surface area (Å²) < 4.78 is 2.20. The summed E-state index contributed by atoms with van der Waals surface area (Å²) in [6, 6.07) is 12.2. The molecular weight excluding hydrogens is 316 g/mol. The minimum absolute atomic E-state index is 0.163. The molecule has 2 aromatic carbocycles. The zero-order chi connectivity index (χ0) is 14.8. The van der Waals surface area contributed by atoms with Gasteiger partial charge in [-0.2, -0.15) is 0 Å². The van der Waals surface area contributed by atoms with Gasteiger partial charge in [0.25, 0.3) is 0 Å². The summed E-state index contributed by atoms with van der Waals surface area (Å²) in [5.41, 5.74) is 0.163. The number of rotatable bonds is 4. The van der Waals surface area contributed by atoms with Crippen LogP contribution in [0.3, 0.4) is 0 Å². The Morgan fingerprint density at radius 1 is 1.00 bits per heavy atom. The molecule has 0 atom stereocenters. The second-order valence-electron chi connectivity index (χ2n) is 4.59. The molecule has 1 nitrogen and oxygen atoms in total. The van der Waals surface area contributed by atoms with Gasteiger partial charge >= 0.3 is 0 Å². The molecule has 0 unspecified atom stereocenters. The molecule has 0 N–H and O–H groups in total. The van der Waals surface area contributed by atoms with E-state index in [2.05, 4.69) is 26.0 Å². The second-order valence-corrected chi connectivity index (χ2v) is 8.29. The molecule has 0 spiro atoms. The van der Waals surface area contributed by atoms with Gasteiger partial charge in [-0.15, -0.1) is 34.9 Å². The second kappa shape index (κ2) is 6.42. The van der Waals surface area contributed by atoms with E-state index in [0.717, 1.165) is 31.7 Å². The van der Waals surface area contributed by atoms with Crippen molar-refractivity contribution in [2.75, 3.05) is 11.5 Å². The van der Waals surface area contributed by atoms with E-state index < -0.39 is 0 Å². The van der Waals surface area contributed by atoms with Crippen LogP contribution in [0, 0.1) is 0 Å². The van der Waals surface area contributed by atoms with Gasteiger partial charge in [-0.25, -0.2) is 0 Å². The third-order valence-electron chi connectivity index (χ3n) is 3.23. The monoisotopic (exact) mass is 332 g/mol. The third kappa shape index (κ3) is 2.85. The maximum atomic E-state index is 12.8. The summed E-state index contributed by atoms with van der Waals surface area (Å²) in [5.74, 6) is 2.04. The lowest BCUT2D eigenvalue weighted by Gasteiger charge is -2.09. The molecule has 0 aliphatic carbocycles. The topological polar surface area (TPSA) is 17.1 Å². The van der Waals surface area contributed by atoms with Gasteiger partial charge in [0.1, 0.15) is 0 Å². The molecule has 1 heterocycles. The molecule has 1 aromatic heterocycles. The summed E-state index contributed by atoms with van der Waals surface area (Å²) >= 11 is 5.35. The molecule has 0 saturated carbocycles. The molecule has 4 heteroatoms. The number of benzene rings is 2. The Kier molecular flexibility index (Phi) is 4.57. The van der Waals surface area contributed by atoms with Crippen molar-refractivity contribution in [3.05, 3.63) is 46.6 Å². The highest BCUT2D eigenvalue weighted by Gasteiger charge is 2.11. The maximum absolute atomic E-state index is 12.8. The molecule has 0 fully saturated rings. The largest absolute Gasteiger partial charge is 0.289 e. The average Bonchev–Trinajstić information content (AvgIpc) is 2.49. The van der Waals surface area contributed by atoms with Gasteiger partial charge in [0.2, 0.25) is 0 Å². The molecule has 0 radical (unpaired) electrons. The molecular formula is C17H16OS3.